The van der Waals surface area contributed by atoms with Crippen molar-refractivity contribution in [3.8, 4) is 0 Å². The second kappa shape index (κ2) is 12.6. The van der Waals surface area contributed by atoms with E-state index < -0.39 is 30.8 Å². The molecule has 0 amide bonds. The van der Waals surface area contributed by atoms with Crippen LogP contribution in [0.5, 0.6) is 0 Å². The lowest BCUT2D eigenvalue weighted by Crippen LogP contribution is -2.52. The van der Waals surface area contributed by atoms with E-state index in [0.717, 1.165) is 56.3 Å². The highest BCUT2D eigenvalue weighted by atomic mass is 16.7. The Kier molecular flexibility index (Phi) is 9.05. The van der Waals surface area contributed by atoms with E-state index in [1.807, 2.05) is 6.92 Å². The quantitative estimate of drug-likeness (QED) is 0.194. The molecular weight excluding hydrogens is 562 g/mol. The van der Waals surface area contributed by atoms with Crippen LogP contribution in [0.15, 0.2) is 16.8 Å². The number of hydrogen-bond donors (Lipinski definition) is 2. The normalized spacial score (nSPS) is 51.7. The van der Waals surface area contributed by atoms with Gasteiger partial charge in [0.15, 0.2) is 12.6 Å². The summed E-state index contributed by atoms with van der Waals surface area (Å²) < 4.78 is 31.0. The van der Waals surface area contributed by atoms with E-state index in [4.69, 9.17) is 23.7 Å². The third-order valence-corrected chi connectivity index (χ3v) is 13.5. The molecule has 44 heavy (non-hydrogen) atoms. The third kappa shape index (κ3) is 5.64. The van der Waals surface area contributed by atoms with Crippen LogP contribution in [0, 0.1) is 39.4 Å². The fourth-order valence-electron chi connectivity index (χ4n) is 11.1. The van der Waals surface area contributed by atoms with Crippen LogP contribution in [0.3, 0.4) is 0 Å². The van der Waals surface area contributed by atoms with Crippen LogP contribution in [0.25, 0.3) is 0 Å². The molecule has 9 nitrogen and oxygen atoms in total. The SMILES string of the molecule is C[C@H]1O[C@@H](O[C@H]2CC[C@@]3(C)C(=CCC4C5CC6OC(CCCCO)CC6[C@@]5(C)CCC43)C2)CC(N=O)[C@@H]1O[C@H]1C[C@@H](O)CO1. The zero-order valence-electron chi connectivity index (χ0n) is 27.0. The van der Waals surface area contributed by atoms with Gasteiger partial charge in [0.05, 0.1) is 37.1 Å². The van der Waals surface area contributed by atoms with Crippen LogP contribution in [-0.4, -0.2) is 78.7 Å². The lowest BCUT2D eigenvalue weighted by atomic mass is 9.47. The summed E-state index contributed by atoms with van der Waals surface area (Å²) in [6.45, 7) is 7.57. The number of nitroso groups, excluding NO2 is 1. The topological polar surface area (TPSA) is 116 Å². The van der Waals surface area contributed by atoms with E-state index >= 15 is 0 Å². The Morgan fingerprint density at radius 2 is 1.86 bits per heavy atom. The van der Waals surface area contributed by atoms with Crippen molar-refractivity contribution in [1.29, 1.82) is 0 Å². The summed E-state index contributed by atoms with van der Waals surface area (Å²) in [5.41, 5.74) is 2.20. The number of nitrogens with zero attached hydrogens (tertiary/aromatic N) is 1. The lowest BCUT2D eigenvalue weighted by molar-refractivity contribution is -0.269. The Morgan fingerprint density at radius 3 is 2.64 bits per heavy atom. The predicted molar refractivity (Wildman–Crippen MR) is 163 cm³/mol. The minimum Gasteiger partial charge on any atom is -0.396 e. The average Bonchev–Trinajstić information content (AvgIpc) is 3.68. The molecule has 7 unspecified atom stereocenters. The maximum Gasteiger partial charge on any atom is 0.160 e. The number of rotatable bonds is 9. The molecule has 0 aromatic heterocycles. The van der Waals surface area contributed by atoms with Crippen molar-refractivity contribution in [3.05, 3.63) is 16.6 Å². The number of ether oxygens (including phenoxy) is 5. The van der Waals surface area contributed by atoms with Gasteiger partial charge < -0.3 is 33.9 Å². The molecule has 7 aliphatic rings. The molecule has 0 aromatic carbocycles. The van der Waals surface area contributed by atoms with E-state index in [9.17, 15) is 15.1 Å². The Hall–Kier alpha value is -0.940. The molecule has 3 saturated carbocycles. The minimum absolute atomic E-state index is 0.0806. The first-order valence-corrected chi connectivity index (χ1v) is 17.8. The van der Waals surface area contributed by atoms with Gasteiger partial charge >= 0.3 is 0 Å². The zero-order valence-corrected chi connectivity index (χ0v) is 27.0. The van der Waals surface area contributed by atoms with E-state index in [1.165, 1.54) is 32.1 Å². The van der Waals surface area contributed by atoms with Crippen LogP contribution in [-0.2, 0) is 23.7 Å². The van der Waals surface area contributed by atoms with E-state index in [-0.39, 0.29) is 30.8 Å². The van der Waals surface area contributed by atoms with Gasteiger partial charge in [0.1, 0.15) is 12.1 Å². The molecule has 4 aliphatic carbocycles. The highest BCUT2D eigenvalue weighted by molar-refractivity contribution is 5.26. The summed E-state index contributed by atoms with van der Waals surface area (Å²) in [5.74, 6) is 2.91. The molecule has 6 fully saturated rings. The van der Waals surface area contributed by atoms with Crippen molar-refractivity contribution in [1.82, 2.24) is 0 Å². The minimum atomic E-state index is -0.573. The molecule has 7 rings (SSSR count). The summed E-state index contributed by atoms with van der Waals surface area (Å²) in [6.07, 6.45) is 14.2. The van der Waals surface area contributed by atoms with Gasteiger partial charge in [-0.1, -0.05) is 30.7 Å². The predicted octanol–water partition coefficient (Wildman–Crippen LogP) is 5.64. The van der Waals surface area contributed by atoms with E-state index in [0.29, 0.717) is 36.4 Å². The lowest BCUT2D eigenvalue weighted by Gasteiger charge is -2.58. The molecule has 9 heteroatoms. The van der Waals surface area contributed by atoms with Crippen molar-refractivity contribution < 1.29 is 33.9 Å². The molecule has 3 saturated heterocycles. The monoisotopic (exact) mass is 617 g/mol. The van der Waals surface area contributed by atoms with Gasteiger partial charge in [-0.05, 0) is 112 Å². The zero-order chi connectivity index (χ0) is 30.6. The number of aliphatic hydroxyl groups excluding tert-OH is 2. The van der Waals surface area contributed by atoms with Gasteiger partial charge in [-0.3, -0.25) is 0 Å². The Labute approximate surface area is 262 Å². The van der Waals surface area contributed by atoms with Crippen LogP contribution in [0.1, 0.15) is 104 Å². The van der Waals surface area contributed by atoms with Crippen LogP contribution < -0.4 is 0 Å². The fraction of sp³-hybridized carbons (Fsp3) is 0.943. The molecular formula is C35H55NO8. The average molecular weight is 618 g/mol. The molecule has 248 valence electrons. The molecule has 15 atom stereocenters. The summed E-state index contributed by atoms with van der Waals surface area (Å²) in [7, 11) is 0. The second-order valence-electron chi connectivity index (χ2n) is 15.8. The van der Waals surface area contributed by atoms with Gasteiger partial charge in [-0.25, -0.2) is 0 Å². The maximum absolute atomic E-state index is 11.8. The third-order valence-electron chi connectivity index (χ3n) is 13.5. The Balaban J connectivity index is 0.962. The first-order chi connectivity index (χ1) is 21.2. The Morgan fingerprint density at radius 1 is 1.00 bits per heavy atom. The first kappa shape index (κ1) is 31.6. The number of allylic oxidation sites excluding steroid dienone is 1. The Bertz CT molecular complexity index is 1070. The number of hydrogen-bond acceptors (Lipinski definition) is 9. The van der Waals surface area contributed by atoms with Crippen molar-refractivity contribution in [2.75, 3.05) is 13.2 Å². The highest BCUT2D eigenvalue weighted by Gasteiger charge is 2.63. The molecule has 3 heterocycles. The molecule has 0 spiro atoms. The molecule has 0 bridgehead atoms. The summed E-state index contributed by atoms with van der Waals surface area (Å²) in [4.78, 5) is 11.8. The first-order valence-electron chi connectivity index (χ1n) is 17.8. The number of unbranched alkanes of at least 4 members (excludes halogenated alkanes) is 1. The molecule has 3 aliphatic heterocycles. The largest absolute Gasteiger partial charge is 0.396 e. The van der Waals surface area contributed by atoms with Gasteiger partial charge in [0.2, 0.25) is 0 Å². The van der Waals surface area contributed by atoms with Crippen molar-refractivity contribution >= 4 is 0 Å². The number of fused-ring (bicyclic) bond motifs is 7. The molecule has 2 N–H and O–H groups in total. The maximum atomic E-state index is 11.8. The fourth-order valence-corrected chi connectivity index (χ4v) is 11.1. The summed E-state index contributed by atoms with van der Waals surface area (Å²) >= 11 is 0. The smallest absolute Gasteiger partial charge is 0.160 e. The van der Waals surface area contributed by atoms with Crippen molar-refractivity contribution in [2.24, 2.45) is 39.7 Å². The van der Waals surface area contributed by atoms with Gasteiger partial charge in [0, 0.05) is 19.4 Å². The van der Waals surface area contributed by atoms with Crippen LogP contribution in [0.2, 0.25) is 0 Å². The van der Waals surface area contributed by atoms with Crippen molar-refractivity contribution in [2.45, 2.75) is 159 Å². The molecule has 0 radical (unpaired) electrons. The number of aliphatic hydroxyl groups is 2. The standard InChI is InChI=1S/C35H55NO8/c1-20-33(44-31-15-22(38)19-40-31)29(36-39)18-32(41-20)43-24-9-11-34(2)21(14-24)7-8-25-26(34)10-12-35(3)27(25)17-30-28(35)16-23(42-30)6-4-5-13-37/h7,20,22-33,37-38H,4-6,8-19H2,1-3H3/t20-,22-,23?,24+,25?,26?,27?,28?,29?,30?,31+,32+,33-,34+,35+/m1/s1. The van der Waals surface area contributed by atoms with Crippen molar-refractivity contribution in [3.63, 3.8) is 0 Å². The summed E-state index contributed by atoms with van der Waals surface area (Å²) in [5, 5.41) is 22.4. The van der Waals surface area contributed by atoms with E-state index in [2.05, 4.69) is 25.1 Å². The second-order valence-corrected chi connectivity index (χ2v) is 15.8. The van der Waals surface area contributed by atoms with Crippen LogP contribution >= 0.6 is 0 Å². The van der Waals surface area contributed by atoms with Gasteiger partial charge in [0.25, 0.3) is 0 Å². The molecule has 0 aromatic rings. The van der Waals surface area contributed by atoms with Gasteiger partial charge in [-0.2, -0.15) is 4.91 Å². The highest BCUT2D eigenvalue weighted by Crippen LogP contribution is 2.68. The van der Waals surface area contributed by atoms with Crippen LogP contribution in [0.4, 0.5) is 0 Å². The summed E-state index contributed by atoms with van der Waals surface area (Å²) in [6, 6.07) is -0.573. The van der Waals surface area contributed by atoms with E-state index in [1.54, 1.807) is 5.57 Å². The van der Waals surface area contributed by atoms with Gasteiger partial charge in [-0.15, -0.1) is 0 Å².